The van der Waals surface area contributed by atoms with E-state index in [1.165, 1.54) is 38.8 Å². The van der Waals surface area contributed by atoms with Gasteiger partial charge < -0.3 is 29.9 Å². The number of nitrogens with zero attached hydrogens (tertiary/aromatic N) is 2. The summed E-state index contributed by atoms with van der Waals surface area (Å²) in [5.41, 5.74) is 5.95. The number of hydrogen-bond donors (Lipinski definition) is 3. The SMILES string of the molecule is O=C(O)CCC(=O)NCc1cccc(-c2ccc([C@H]3O[C@@H](CN4CCC[C@H]4CN4CCCC4)C[C@@H](c4ccc(CO)cc4)O3)cc2)c1. The van der Waals surface area contributed by atoms with Crippen LogP contribution in [0.1, 0.15) is 79.6 Å². The molecule has 0 saturated carbocycles. The summed E-state index contributed by atoms with van der Waals surface area (Å²) in [5, 5.41) is 21.2. The number of aliphatic carboxylic acids is 1. The van der Waals surface area contributed by atoms with Crippen LogP contribution in [-0.4, -0.2) is 76.8 Å². The van der Waals surface area contributed by atoms with E-state index in [1.807, 2.05) is 36.4 Å². The van der Waals surface area contributed by atoms with Gasteiger partial charge in [0.15, 0.2) is 6.29 Å². The molecule has 6 rings (SSSR count). The molecule has 47 heavy (non-hydrogen) atoms. The summed E-state index contributed by atoms with van der Waals surface area (Å²) in [6.45, 7) is 5.95. The lowest BCUT2D eigenvalue weighted by Gasteiger charge is -2.39. The molecule has 0 unspecified atom stereocenters. The normalized spacial score (nSPS) is 23.6. The number of ether oxygens (including phenoxy) is 2. The molecule has 1 amide bonds. The molecule has 0 bridgehead atoms. The van der Waals surface area contributed by atoms with Gasteiger partial charge in [0.2, 0.25) is 5.91 Å². The summed E-state index contributed by atoms with van der Waals surface area (Å²) in [6, 6.07) is 24.9. The summed E-state index contributed by atoms with van der Waals surface area (Å²) in [6.07, 6.45) is 5.07. The first-order valence-electron chi connectivity index (χ1n) is 17.1. The van der Waals surface area contributed by atoms with Gasteiger partial charge in [-0.3, -0.25) is 14.5 Å². The van der Waals surface area contributed by atoms with E-state index in [0.29, 0.717) is 12.6 Å². The van der Waals surface area contributed by atoms with Crippen LogP contribution in [-0.2, 0) is 32.2 Å². The minimum Gasteiger partial charge on any atom is -0.481 e. The van der Waals surface area contributed by atoms with Crippen molar-refractivity contribution in [2.24, 2.45) is 0 Å². The van der Waals surface area contributed by atoms with Gasteiger partial charge in [-0.05, 0) is 79.2 Å². The first-order chi connectivity index (χ1) is 22.9. The molecular formula is C38H47N3O6. The Hall–Kier alpha value is -3.60. The van der Waals surface area contributed by atoms with E-state index in [2.05, 4.69) is 51.5 Å². The number of carboxylic acid groups (broad SMARTS) is 1. The Kier molecular flexibility index (Phi) is 11.3. The standard InChI is InChI=1S/C38H47N3O6/c42-26-27-8-10-30(11-9-27)35-22-34(25-41-20-4-7-33(41)24-40-18-1-2-19-40)46-38(47-35)31-14-12-29(13-15-31)32-6-3-5-28(21-32)23-39-36(43)16-17-37(44)45/h3,5-6,8-15,21,33-35,38,42H,1-2,4,7,16-20,22-26H2,(H,39,43)(H,44,45)/t33-,34+,35-,38-/m0/s1. The highest BCUT2D eigenvalue weighted by Crippen LogP contribution is 2.39. The zero-order chi connectivity index (χ0) is 32.6. The van der Waals surface area contributed by atoms with E-state index in [4.69, 9.17) is 14.6 Å². The van der Waals surface area contributed by atoms with Crippen LogP contribution in [0.15, 0.2) is 72.8 Å². The van der Waals surface area contributed by atoms with Gasteiger partial charge in [0.05, 0.1) is 25.2 Å². The minimum absolute atomic E-state index is 0.0181. The predicted molar refractivity (Wildman–Crippen MR) is 179 cm³/mol. The van der Waals surface area contributed by atoms with Crippen molar-refractivity contribution in [3.05, 3.63) is 95.1 Å². The van der Waals surface area contributed by atoms with E-state index in [9.17, 15) is 14.7 Å². The fourth-order valence-corrected chi connectivity index (χ4v) is 7.10. The number of hydrogen-bond acceptors (Lipinski definition) is 7. The van der Waals surface area contributed by atoms with Crippen molar-refractivity contribution in [2.75, 3.05) is 32.7 Å². The monoisotopic (exact) mass is 641 g/mol. The topological polar surface area (TPSA) is 112 Å². The molecule has 0 aliphatic carbocycles. The molecule has 0 spiro atoms. The molecule has 250 valence electrons. The summed E-state index contributed by atoms with van der Waals surface area (Å²) >= 11 is 0. The fourth-order valence-electron chi connectivity index (χ4n) is 7.10. The third-order valence-corrected chi connectivity index (χ3v) is 9.72. The van der Waals surface area contributed by atoms with Crippen molar-refractivity contribution in [3.63, 3.8) is 0 Å². The van der Waals surface area contributed by atoms with E-state index < -0.39 is 12.3 Å². The van der Waals surface area contributed by atoms with E-state index in [1.54, 1.807) is 0 Å². The average Bonchev–Trinajstić information content (AvgIpc) is 3.79. The largest absolute Gasteiger partial charge is 0.481 e. The molecule has 3 fully saturated rings. The number of aliphatic hydroxyl groups is 1. The van der Waals surface area contributed by atoms with Crippen LogP contribution in [0, 0.1) is 0 Å². The summed E-state index contributed by atoms with van der Waals surface area (Å²) in [7, 11) is 0. The number of rotatable bonds is 13. The molecule has 3 aromatic rings. The van der Waals surface area contributed by atoms with E-state index >= 15 is 0 Å². The number of likely N-dealkylation sites (tertiary alicyclic amines) is 2. The van der Waals surface area contributed by atoms with E-state index in [0.717, 1.165) is 59.4 Å². The minimum atomic E-state index is -0.981. The predicted octanol–water partition coefficient (Wildman–Crippen LogP) is 5.43. The highest BCUT2D eigenvalue weighted by Gasteiger charge is 2.36. The molecule has 3 aliphatic rings. The first-order valence-corrected chi connectivity index (χ1v) is 17.1. The summed E-state index contributed by atoms with van der Waals surface area (Å²) in [5.74, 6) is -1.26. The van der Waals surface area contributed by atoms with Crippen molar-refractivity contribution in [2.45, 2.75) is 82.6 Å². The second-order valence-electron chi connectivity index (χ2n) is 13.1. The molecule has 3 N–H and O–H groups in total. The Morgan fingerprint density at radius 1 is 0.809 bits per heavy atom. The molecule has 4 atom stereocenters. The van der Waals surface area contributed by atoms with Crippen molar-refractivity contribution in [1.82, 2.24) is 15.1 Å². The number of carboxylic acids is 1. The van der Waals surface area contributed by atoms with Crippen LogP contribution in [0.5, 0.6) is 0 Å². The van der Waals surface area contributed by atoms with E-state index in [-0.39, 0.29) is 37.6 Å². The van der Waals surface area contributed by atoms with Crippen LogP contribution in [0.4, 0.5) is 0 Å². The smallest absolute Gasteiger partial charge is 0.303 e. The third-order valence-electron chi connectivity index (χ3n) is 9.72. The molecule has 9 heteroatoms. The van der Waals surface area contributed by atoms with Gasteiger partial charge in [-0.1, -0.05) is 66.7 Å². The summed E-state index contributed by atoms with van der Waals surface area (Å²) in [4.78, 5) is 28.0. The Labute approximate surface area is 277 Å². The zero-order valence-corrected chi connectivity index (χ0v) is 27.1. The second-order valence-corrected chi connectivity index (χ2v) is 13.1. The molecule has 0 radical (unpaired) electrons. The summed E-state index contributed by atoms with van der Waals surface area (Å²) < 4.78 is 13.3. The number of amides is 1. The van der Waals surface area contributed by atoms with Crippen molar-refractivity contribution >= 4 is 11.9 Å². The first kappa shape index (κ1) is 33.3. The molecule has 0 aromatic heterocycles. The number of nitrogens with one attached hydrogen (secondary N) is 1. The maximum atomic E-state index is 12.0. The lowest BCUT2D eigenvalue weighted by Crippen LogP contribution is -2.45. The third kappa shape index (κ3) is 9.06. The molecule has 3 saturated heterocycles. The van der Waals surface area contributed by atoms with Gasteiger partial charge in [0.25, 0.3) is 0 Å². The fraction of sp³-hybridized carbons (Fsp3) is 0.474. The van der Waals surface area contributed by atoms with Crippen LogP contribution in [0.2, 0.25) is 0 Å². The Morgan fingerprint density at radius 2 is 1.57 bits per heavy atom. The zero-order valence-electron chi connectivity index (χ0n) is 27.1. The van der Waals surface area contributed by atoms with Crippen LogP contribution in [0.25, 0.3) is 11.1 Å². The van der Waals surface area contributed by atoms with Gasteiger partial charge in [-0.15, -0.1) is 0 Å². The Bertz CT molecular complexity index is 1470. The van der Waals surface area contributed by atoms with Crippen LogP contribution < -0.4 is 5.32 Å². The Balaban J connectivity index is 1.14. The number of carbonyl (C=O) groups excluding carboxylic acids is 1. The molecular weight excluding hydrogens is 594 g/mol. The van der Waals surface area contributed by atoms with Crippen LogP contribution in [0.3, 0.4) is 0 Å². The van der Waals surface area contributed by atoms with Gasteiger partial charge >= 0.3 is 5.97 Å². The van der Waals surface area contributed by atoms with Crippen molar-refractivity contribution in [1.29, 1.82) is 0 Å². The van der Waals surface area contributed by atoms with Gasteiger partial charge in [0.1, 0.15) is 0 Å². The lowest BCUT2D eigenvalue weighted by molar-refractivity contribution is -0.253. The number of carbonyl (C=O) groups is 2. The number of aliphatic hydroxyl groups excluding tert-OH is 1. The second kappa shape index (κ2) is 16.0. The molecule has 3 heterocycles. The highest BCUT2D eigenvalue weighted by atomic mass is 16.7. The molecule has 3 aliphatic heterocycles. The number of benzene rings is 3. The van der Waals surface area contributed by atoms with Gasteiger partial charge in [-0.25, -0.2) is 0 Å². The van der Waals surface area contributed by atoms with Crippen molar-refractivity contribution < 1.29 is 29.3 Å². The van der Waals surface area contributed by atoms with Crippen LogP contribution >= 0.6 is 0 Å². The molecule has 3 aromatic carbocycles. The lowest BCUT2D eigenvalue weighted by atomic mass is 9.98. The quantitative estimate of drug-likeness (QED) is 0.227. The maximum Gasteiger partial charge on any atom is 0.303 e. The van der Waals surface area contributed by atoms with Gasteiger partial charge in [-0.2, -0.15) is 0 Å². The average molecular weight is 642 g/mol. The van der Waals surface area contributed by atoms with Gasteiger partial charge in [0, 0.05) is 44.1 Å². The Morgan fingerprint density at radius 3 is 2.32 bits per heavy atom. The maximum absolute atomic E-state index is 12.0. The van der Waals surface area contributed by atoms with Crippen molar-refractivity contribution in [3.8, 4) is 11.1 Å². The highest BCUT2D eigenvalue weighted by molar-refractivity contribution is 5.80. The molecule has 9 nitrogen and oxygen atoms in total.